The maximum atomic E-state index is 15.4. The highest BCUT2D eigenvalue weighted by Gasteiger charge is 2.37. The van der Waals surface area contributed by atoms with Gasteiger partial charge in [0.1, 0.15) is 11.6 Å². The Labute approximate surface area is 230 Å². The molecule has 0 radical (unpaired) electrons. The lowest BCUT2D eigenvalue weighted by molar-refractivity contribution is -0.138. The minimum Gasteiger partial charge on any atom is -0.374 e. The standard InChI is InChI=1S/C28H26F7N3O3/c1-15-12-22(39)38-25(37-15)23-21(28(33,34)35)11-6-18(24(23)29)13-36-26(40)17-4-9-20(10-5-17)41-14-16-2-7-19(8-3-16)27(30,31)32/h2-3,6-8,11-12,17,20H,4-5,9-10,13-14H2,1H3,(H,36,40)(H,37,38,39). The summed E-state index contributed by atoms with van der Waals surface area (Å²) in [4.78, 5) is 30.6. The molecular weight excluding hydrogens is 559 g/mol. The number of amides is 1. The van der Waals surface area contributed by atoms with Gasteiger partial charge in [0.25, 0.3) is 5.56 Å². The van der Waals surface area contributed by atoms with Crippen LogP contribution >= 0.6 is 0 Å². The van der Waals surface area contributed by atoms with E-state index in [4.69, 9.17) is 4.74 Å². The predicted molar refractivity (Wildman–Crippen MR) is 134 cm³/mol. The Morgan fingerprint density at radius 1 is 1.00 bits per heavy atom. The molecule has 13 heteroatoms. The number of hydrogen-bond acceptors (Lipinski definition) is 4. The van der Waals surface area contributed by atoms with E-state index in [9.17, 15) is 35.9 Å². The second kappa shape index (κ2) is 12.0. The summed E-state index contributed by atoms with van der Waals surface area (Å²) in [6.45, 7) is 1.13. The van der Waals surface area contributed by atoms with Gasteiger partial charge in [-0.1, -0.05) is 18.2 Å². The summed E-state index contributed by atoms with van der Waals surface area (Å²) in [6, 6.07) is 7.34. The predicted octanol–water partition coefficient (Wildman–Crippen LogP) is 6.31. The van der Waals surface area contributed by atoms with E-state index < -0.39 is 58.1 Å². The van der Waals surface area contributed by atoms with Crippen molar-refractivity contribution in [1.82, 2.24) is 15.3 Å². The summed E-state index contributed by atoms with van der Waals surface area (Å²) in [7, 11) is 0. The number of nitrogens with zero attached hydrogens (tertiary/aromatic N) is 1. The molecule has 220 valence electrons. The first-order chi connectivity index (χ1) is 19.2. The van der Waals surface area contributed by atoms with Gasteiger partial charge in [-0.2, -0.15) is 26.3 Å². The van der Waals surface area contributed by atoms with Crippen LogP contribution in [0.25, 0.3) is 11.4 Å². The van der Waals surface area contributed by atoms with Gasteiger partial charge in [0.15, 0.2) is 0 Å². The summed E-state index contributed by atoms with van der Waals surface area (Å²) in [5.74, 6) is -2.64. The fraction of sp³-hybridized carbons (Fsp3) is 0.393. The van der Waals surface area contributed by atoms with Crippen molar-refractivity contribution in [2.45, 2.75) is 64.2 Å². The molecule has 4 rings (SSSR count). The highest BCUT2D eigenvalue weighted by molar-refractivity contribution is 5.78. The molecule has 0 aliphatic heterocycles. The number of alkyl halides is 6. The third-order valence-corrected chi connectivity index (χ3v) is 6.90. The van der Waals surface area contributed by atoms with Gasteiger partial charge in [-0.3, -0.25) is 9.59 Å². The Kier molecular flexibility index (Phi) is 8.86. The van der Waals surface area contributed by atoms with Crippen molar-refractivity contribution in [1.29, 1.82) is 0 Å². The molecule has 6 nitrogen and oxygen atoms in total. The monoisotopic (exact) mass is 585 g/mol. The molecule has 1 aliphatic carbocycles. The van der Waals surface area contributed by atoms with Gasteiger partial charge in [-0.05, 0) is 56.4 Å². The number of hydrogen-bond donors (Lipinski definition) is 2. The SMILES string of the molecule is Cc1cc(=O)[nH]c(-c2c(C(F)(F)F)ccc(CNC(=O)C3CCC(OCc4ccc(C(F)(F)F)cc4)CC3)c2F)n1. The molecule has 1 heterocycles. The topological polar surface area (TPSA) is 84.1 Å². The minimum absolute atomic E-state index is 0.105. The van der Waals surface area contributed by atoms with E-state index in [1.807, 2.05) is 0 Å². The molecule has 0 spiro atoms. The van der Waals surface area contributed by atoms with E-state index in [-0.39, 0.29) is 30.5 Å². The molecular formula is C28H26F7N3O3. The first-order valence-electron chi connectivity index (χ1n) is 12.7. The fourth-order valence-electron chi connectivity index (χ4n) is 4.74. The summed E-state index contributed by atoms with van der Waals surface area (Å²) in [5.41, 5.74) is -3.22. The highest BCUT2D eigenvalue weighted by atomic mass is 19.4. The number of halogens is 7. The number of aromatic nitrogens is 2. The summed E-state index contributed by atoms with van der Waals surface area (Å²) >= 11 is 0. The Morgan fingerprint density at radius 3 is 2.24 bits per heavy atom. The zero-order chi connectivity index (χ0) is 29.9. The number of aryl methyl sites for hydroxylation is 1. The van der Waals surface area contributed by atoms with Crippen molar-refractivity contribution in [2.24, 2.45) is 5.92 Å². The van der Waals surface area contributed by atoms with Gasteiger partial charge in [0.05, 0.1) is 29.4 Å². The summed E-state index contributed by atoms with van der Waals surface area (Å²) in [5, 5.41) is 2.57. The van der Waals surface area contributed by atoms with Crippen molar-refractivity contribution in [3.8, 4) is 11.4 Å². The Balaban J connectivity index is 1.35. The summed E-state index contributed by atoms with van der Waals surface area (Å²) < 4.78 is 100. The van der Waals surface area contributed by atoms with E-state index in [0.717, 1.165) is 24.3 Å². The molecule has 0 atom stereocenters. The van der Waals surface area contributed by atoms with Gasteiger partial charge in [-0.25, -0.2) is 9.37 Å². The molecule has 1 fully saturated rings. The molecule has 1 amide bonds. The van der Waals surface area contributed by atoms with Crippen molar-refractivity contribution in [2.75, 3.05) is 0 Å². The van der Waals surface area contributed by atoms with Crippen molar-refractivity contribution in [3.05, 3.63) is 86.6 Å². The molecule has 0 saturated heterocycles. The smallest absolute Gasteiger partial charge is 0.374 e. The van der Waals surface area contributed by atoms with Gasteiger partial charge >= 0.3 is 12.4 Å². The third kappa shape index (κ3) is 7.51. The molecule has 2 aromatic carbocycles. The lowest BCUT2D eigenvalue weighted by atomic mass is 9.86. The van der Waals surface area contributed by atoms with Crippen LogP contribution in [0.15, 0.2) is 47.3 Å². The fourth-order valence-corrected chi connectivity index (χ4v) is 4.74. The zero-order valence-corrected chi connectivity index (χ0v) is 21.8. The van der Waals surface area contributed by atoms with Crippen molar-refractivity contribution >= 4 is 5.91 Å². The normalized spacial score (nSPS) is 17.9. The molecule has 2 N–H and O–H groups in total. The molecule has 41 heavy (non-hydrogen) atoms. The number of H-pyrrole nitrogens is 1. The number of benzene rings is 2. The first-order valence-corrected chi connectivity index (χ1v) is 12.7. The van der Waals surface area contributed by atoms with Crippen LogP contribution in [0.5, 0.6) is 0 Å². The van der Waals surface area contributed by atoms with E-state index >= 15 is 4.39 Å². The zero-order valence-electron chi connectivity index (χ0n) is 21.8. The number of ether oxygens (including phenoxy) is 1. The maximum absolute atomic E-state index is 15.4. The number of carbonyl (C=O) groups is 1. The van der Waals surface area contributed by atoms with Crippen LogP contribution in [0, 0.1) is 18.7 Å². The quantitative estimate of drug-likeness (QED) is 0.318. The van der Waals surface area contributed by atoms with Crippen LogP contribution in [0.1, 0.15) is 53.6 Å². The average Bonchev–Trinajstić information content (AvgIpc) is 2.89. The van der Waals surface area contributed by atoms with Crippen LogP contribution in [0.3, 0.4) is 0 Å². The van der Waals surface area contributed by atoms with Crippen LogP contribution in [0.4, 0.5) is 30.7 Å². The average molecular weight is 586 g/mol. The number of nitrogens with one attached hydrogen (secondary N) is 2. The van der Waals surface area contributed by atoms with Crippen LogP contribution in [-0.2, 0) is 35.0 Å². The van der Waals surface area contributed by atoms with E-state index in [1.165, 1.54) is 19.1 Å². The van der Waals surface area contributed by atoms with Crippen LogP contribution in [-0.4, -0.2) is 22.0 Å². The van der Waals surface area contributed by atoms with Gasteiger partial charge in [0, 0.05) is 29.8 Å². The van der Waals surface area contributed by atoms with Crippen molar-refractivity contribution in [3.63, 3.8) is 0 Å². The summed E-state index contributed by atoms with van der Waals surface area (Å²) in [6.07, 6.45) is -7.61. The molecule has 0 unspecified atom stereocenters. The Hall–Kier alpha value is -3.74. The molecule has 1 saturated carbocycles. The second-order valence-electron chi connectivity index (χ2n) is 9.89. The van der Waals surface area contributed by atoms with Crippen LogP contribution < -0.4 is 10.9 Å². The Morgan fingerprint density at radius 2 is 1.66 bits per heavy atom. The van der Waals surface area contributed by atoms with Gasteiger partial charge < -0.3 is 15.0 Å². The highest BCUT2D eigenvalue weighted by Crippen LogP contribution is 2.38. The van der Waals surface area contributed by atoms with Crippen molar-refractivity contribution < 1.29 is 40.3 Å². The Bertz CT molecular complexity index is 1440. The molecule has 0 bridgehead atoms. The first kappa shape index (κ1) is 30.2. The van der Waals surface area contributed by atoms with Gasteiger partial charge in [0.2, 0.25) is 5.91 Å². The lowest BCUT2D eigenvalue weighted by Gasteiger charge is -2.28. The number of carbonyl (C=O) groups excluding carboxylic acids is 1. The van der Waals surface area contributed by atoms with E-state index in [1.54, 1.807) is 0 Å². The molecule has 1 aliphatic rings. The maximum Gasteiger partial charge on any atom is 0.417 e. The minimum atomic E-state index is -4.92. The van der Waals surface area contributed by atoms with E-state index in [2.05, 4.69) is 15.3 Å². The third-order valence-electron chi connectivity index (χ3n) is 6.90. The molecule has 1 aromatic heterocycles. The van der Waals surface area contributed by atoms with Crippen LogP contribution in [0.2, 0.25) is 0 Å². The number of aromatic amines is 1. The van der Waals surface area contributed by atoms with E-state index in [0.29, 0.717) is 37.3 Å². The number of rotatable bonds is 7. The second-order valence-corrected chi connectivity index (χ2v) is 9.89. The largest absolute Gasteiger partial charge is 0.417 e. The van der Waals surface area contributed by atoms with Gasteiger partial charge in [-0.15, -0.1) is 0 Å². The lowest BCUT2D eigenvalue weighted by Crippen LogP contribution is -2.34. The molecule has 3 aromatic rings.